The normalized spacial score (nSPS) is 23.8. The molecular weight excluding hydrogens is 304 g/mol. The SMILES string of the molecule is Cc1nc([C@@H]2CN(C(=O)[C@H]3CCCc4ccccc43)CCO2)n[nH]1. The van der Waals surface area contributed by atoms with E-state index in [0.717, 1.165) is 25.1 Å². The zero-order chi connectivity index (χ0) is 16.5. The molecular formula is C18H22N4O2. The van der Waals surface area contributed by atoms with Gasteiger partial charge in [-0.3, -0.25) is 9.89 Å². The second-order valence-corrected chi connectivity index (χ2v) is 6.57. The van der Waals surface area contributed by atoms with E-state index >= 15 is 0 Å². The predicted octanol–water partition coefficient (Wildman–Crippen LogP) is 2.13. The second kappa shape index (κ2) is 6.36. The van der Waals surface area contributed by atoms with E-state index in [0.29, 0.717) is 25.5 Å². The van der Waals surface area contributed by atoms with Gasteiger partial charge in [0.05, 0.1) is 19.1 Å². The number of aryl methyl sites for hydroxylation is 2. The summed E-state index contributed by atoms with van der Waals surface area (Å²) in [6.07, 6.45) is 2.83. The Kier molecular flexibility index (Phi) is 4.06. The molecule has 1 aromatic carbocycles. The fourth-order valence-corrected chi connectivity index (χ4v) is 3.74. The van der Waals surface area contributed by atoms with E-state index in [1.54, 1.807) is 0 Å². The monoisotopic (exact) mass is 326 g/mol. The van der Waals surface area contributed by atoms with Crippen LogP contribution in [0.3, 0.4) is 0 Å². The van der Waals surface area contributed by atoms with Crippen molar-refractivity contribution in [3.8, 4) is 0 Å². The summed E-state index contributed by atoms with van der Waals surface area (Å²) in [5.41, 5.74) is 2.52. The molecule has 2 heterocycles. The summed E-state index contributed by atoms with van der Waals surface area (Å²) in [7, 11) is 0. The number of rotatable bonds is 2. The Labute approximate surface area is 141 Å². The quantitative estimate of drug-likeness (QED) is 0.918. The molecule has 1 N–H and O–H groups in total. The van der Waals surface area contributed by atoms with Gasteiger partial charge in [-0.2, -0.15) is 5.10 Å². The average molecular weight is 326 g/mol. The molecule has 1 aromatic heterocycles. The van der Waals surface area contributed by atoms with Gasteiger partial charge in [-0.1, -0.05) is 24.3 Å². The van der Waals surface area contributed by atoms with Crippen LogP contribution in [0.1, 0.15) is 47.6 Å². The van der Waals surface area contributed by atoms with Crippen LogP contribution < -0.4 is 0 Å². The Hall–Kier alpha value is -2.21. The Morgan fingerprint density at radius 3 is 3.08 bits per heavy atom. The minimum absolute atomic E-state index is 0.0254. The van der Waals surface area contributed by atoms with Gasteiger partial charge < -0.3 is 9.64 Å². The highest BCUT2D eigenvalue weighted by Gasteiger charge is 2.34. The highest BCUT2D eigenvalue weighted by molar-refractivity contribution is 5.84. The lowest BCUT2D eigenvalue weighted by atomic mass is 9.82. The van der Waals surface area contributed by atoms with Crippen molar-refractivity contribution in [2.75, 3.05) is 19.7 Å². The van der Waals surface area contributed by atoms with Crippen molar-refractivity contribution in [2.45, 2.75) is 38.2 Å². The molecule has 6 nitrogen and oxygen atoms in total. The molecule has 6 heteroatoms. The number of H-pyrrole nitrogens is 1. The molecule has 4 rings (SSSR count). The van der Waals surface area contributed by atoms with E-state index in [9.17, 15) is 4.79 Å². The first-order valence-corrected chi connectivity index (χ1v) is 8.59. The van der Waals surface area contributed by atoms with Crippen LogP contribution >= 0.6 is 0 Å². The maximum atomic E-state index is 13.1. The van der Waals surface area contributed by atoms with Crippen molar-refractivity contribution in [2.24, 2.45) is 0 Å². The maximum Gasteiger partial charge on any atom is 0.230 e. The third-order valence-electron chi connectivity index (χ3n) is 4.95. The molecule has 0 spiro atoms. The van der Waals surface area contributed by atoms with Gasteiger partial charge >= 0.3 is 0 Å². The van der Waals surface area contributed by atoms with Crippen LogP contribution in [-0.4, -0.2) is 45.7 Å². The number of carbonyl (C=O) groups is 1. The number of hydrogen-bond acceptors (Lipinski definition) is 4. The molecule has 1 aliphatic carbocycles. The summed E-state index contributed by atoms with van der Waals surface area (Å²) in [5, 5.41) is 7.02. The Balaban J connectivity index is 1.52. The van der Waals surface area contributed by atoms with Crippen LogP contribution in [0.25, 0.3) is 0 Å². The number of hydrogen-bond donors (Lipinski definition) is 1. The number of carbonyl (C=O) groups excluding carboxylic acids is 1. The number of aromatic amines is 1. The summed E-state index contributed by atoms with van der Waals surface area (Å²) in [4.78, 5) is 19.4. The summed E-state index contributed by atoms with van der Waals surface area (Å²) < 4.78 is 5.78. The zero-order valence-electron chi connectivity index (χ0n) is 13.9. The van der Waals surface area contributed by atoms with Crippen molar-refractivity contribution >= 4 is 5.91 Å². The van der Waals surface area contributed by atoms with Crippen molar-refractivity contribution in [1.82, 2.24) is 20.1 Å². The van der Waals surface area contributed by atoms with Gasteiger partial charge in [0.25, 0.3) is 0 Å². The average Bonchev–Trinajstić information content (AvgIpc) is 3.07. The van der Waals surface area contributed by atoms with Crippen molar-refractivity contribution in [3.63, 3.8) is 0 Å². The first-order valence-electron chi connectivity index (χ1n) is 8.59. The van der Waals surface area contributed by atoms with E-state index in [-0.39, 0.29) is 17.9 Å². The number of amides is 1. The van der Waals surface area contributed by atoms with E-state index in [1.165, 1.54) is 11.1 Å². The van der Waals surface area contributed by atoms with Crippen LogP contribution in [0.4, 0.5) is 0 Å². The Bertz CT molecular complexity index is 742. The van der Waals surface area contributed by atoms with E-state index in [2.05, 4.69) is 33.4 Å². The number of nitrogens with one attached hydrogen (secondary N) is 1. The highest BCUT2D eigenvalue weighted by atomic mass is 16.5. The first-order chi connectivity index (χ1) is 11.7. The summed E-state index contributed by atoms with van der Waals surface area (Å²) in [6, 6.07) is 8.34. The Morgan fingerprint density at radius 1 is 1.38 bits per heavy atom. The molecule has 0 unspecified atom stereocenters. The number of morpholine rings is 1. The number of aromatic nitrogens is 3. The van der Waals surface area contributed by atoms with Crippen LogP contribution in [0.5, 0.6) is 0 Å². The van der Waals surface area contributed by atoms with Gasteiger partial charge in [-0.25, -0.2) is 4.98 Å². The number of benzene rings is 1. The molecule has 0 radical (unpaired) electrons. The van der Waals surface area contributed by atoms with Crippen LogP contribution in [0.15, 0.2) is 24.3 Å². The van der Waals surface area contributed by atoms with Gasteiger partial charge in [-0.05, 0) is 37.3 Å². The first kappa shape index (κ1) is 15.3. The van der Waals surface area contributed by atoms with Crippen LogP contribution in [0, 0.1) is 6.92 Å². The number of ether oxygens (including phenoxy) is 1. The summed E-state index contributed by atoms with van der Waals surface area (Å²) in [5.74, 6) is 1.58. The molecule has 24 heavy (non-hydrogen) atoms. The molecule has 2 aliphatic rings. The Morgan fingerprint density at radius 2 is 2.25 bits per heavy atom. The lowest BCUT2D eigenvalue weighted by Crippen LogP contribution is -2.45. The minimum atomic E-state index is -0.244. The van der Waals surface area contributed by atoms with Gasteiger partial charge in [0.1, 0.15) is 11.9 Å². The van der Waals surface area contributed by atoms with Crippen LogP contribution in [-0.2, 0) is 16.0 Å². The van der Waals surface area contributed by atoms with E-state index in [4.69, 9.17) is 4.74 Å². The van der Waals surface area contributed by atoms with Crippen molar-refractivity contribution < 1.29 is 9.53 Å². The molecule has 1 amide bonds. The summed E-state index contributed by atoms with van der Waals surface area (Å²) >= 11 is 0. The van der Waals surface area contributed by atoms with Gasteiger partial charge in [-0.15, -0.1) is 0 Å². The van der Waals surface area contributed by atoms with Crippen molar-refractivity contribution in [3.05, 3.63) is 47.0 Å². The standard InChI is InChI=1S/C18H22N4O2/c1-12-19-17(21-20-12)16-11-22(9-10-24-16)18(23)15-8-4-6-13-5-2-3-7-14(13)15/h2-3,5,7,15-16H,4,6,8-11H2,1H3,(H,19,20,21)/t15-,16-/m0/s1. The van der Waals surface area contributed by atoms with Gasteiger partial charge in [0, 0.05) is 6.54 Å². The number of nitrogens with zero attached hydrogens (tertiary/aromatic N) is 3. The minimum Gasteiger partial charge on any atom is -0.366 e. The fraction of sp³-hybridized carbons (Fsp3) is 0.500. The third-order valence-corrected chi connectivity index (χ3v) is 4.95. The number of fused-ring (bicyclic) bond motifs is 1. The third kappa shape index (κ3) is 2.82. The molecule has 1 aliphatic heterocycles. The van der Waals surface area contributed by atoms with Crippen molar-refractivity contribution in [1.29, 1.82) is 0 Å². The fourth-order valence-electron chi connectivity index (χ4n) is 3.74. The zero-order valence-corrected chi connectivity index (χ0v) is 13.9. The van der Waals surface area contributed by atoms with Crippen LogP contribution in [0.2, 0.25) is 0 Å². The molecule has 1 saturated heterocycles. The molecule has 126 valence electrons. The molecule has 0 saturated carbocycles. The van der Waals surface area contributed by atoms with E-state index in [1.807, 2.05) is 17.9 Å². The predicted molar refractivity (Wildman–Crippen MR) is 88.5 cm³/mol. The smallest absolute Gasteiger partial charge is 0.230 e. The lowest BCUT2D eigenvalue weighted by molar-refractivity contribution is -0.141. The molecule has 0 bridgehead atoms. The summed E-state index contributed by atoms with van der Waals surface area (Å²) in [6.45, 7) is 3.55. The van der Waals surface area contributed by atoms with E-state index < -0.39 is 0 Å². The van der Waals surface area contributed by atoms with Gasteiger partial charge in [0.2, 0.25) is 5.91 Å². The lowest BCUT2D eigenvalue weighted by Gasteiger charge is -2.35. The second-order valence-electron chi connectivity index (χ2n) is 6.57. The molecule has 1 fully saturated rings. The maximum absolute atomic E-state index is 13.1. The molecule has 2 atom stereocenters. The van der Waals surface area contributed by atoms with Gasteiger partial charge in [0.15, 0.2) is 5.82 Å². The topological polar surface area (TPSA) is 71.1 Å². The largest absolute Gasteiger partial charge is 0.366 e. The highest BCUT2D eigenvalue weighted by Crippen LogP contribution is 2.34. The molecule has 2 aromatic rings.